The van der Waals surface area contributed by atoms with E-state index < -0.39 is 0 Å². The molecule has 0 N–H and O–H groups in total. The first-order valence-electron chi connectivity index (χ1n) is 9.99. The Kier molecular flexibility index (Phi) is 6.18. The highest BCUT2D eigenvalue weighted by atomic mass is 32.1. The Morgan fingerprint density at radius 2 is 1.84 bits per heavy atom. The van der Waals surface area contributed by atoms with Crippen molar-refractivity contribution in [3.63, 3.8) is 0 Å². The van der Waals surface area contributed by atoms with Crippen molar-refractivity contribution in [1.29, 1.82) is 0 Å². The Balaban J connectivity index is 1.61. The summed E-state index contributed by atoms with van der Waals surface area (Å²) in [7, 11) is 3.16. The molecular weight excluding hydrogens is 414 g/mol. The van der Waals surface area contributed by atoms with Gasteiger partial charge in [-0.05, 0) is 54.5 Å². The van der Waals surface area contributed by atoms with Gasteiger partial charge >= 0.3 is 0 Å². The van der Waals surface area contributed by atoms with Crippen molar-refractivity contribution in [3.8, 4) is 28.6 Å². The van der Waals surface area contributed by atoms with Crippen molar-refractivity contribution < 1.29 is 14.2 Å². The third-order valence-corrected chi connectivity index (χ3v) is 5.73. The van der Waals surface area contributed by atoms with Gasteiger partial charge in [-0.25, -0.2) is 0 Å². The fourth-order valence-corrected chi connectivity index (χ4v) is 3.99. The van der Waals surface area contributed by atoms with Gasteiger partial charge < -0.3 is 14.2 Å². The lowest BCUT2D eigenvalue weighted by atomic mass is 10.2. The minimum Gasteiger partial charge on any atom is -0.494 e. The lowest BCUT2D eigenvalue weighted by molar-refractivity contribution is 0.309. The van der Waals surface area contributed by atoms with Gasteiger partial charge in [-0.3, -0.25) is 4.79 Å². The maximum absolute atomic E-state index is 12.8. The molecule has 8 heteroatoms. The van der Waals surface area contributed by atoms with E-state index in [9.17, 15) is 4.79 Å². The average Bonchev–Trinajstić information content (AvgIpc) is 3.33. The third-order valence-electron chi connectivity index (χ3n) is 4.77. The molecule has 0 atom stereocenters. The largest absolute Gasteiger partial charge is 0.494 e. The number of hydrogen-bond acceptors (Lipinski definition) is 7. The number of thiazole rings is 1. The van der Waals surface area contributed by atoms with Crippen molar-refractivity contribution in [2.24, 2.45) is 0 Å². The van der Waals surface area contributed by atoms with Crippen LogP contribution in [-0.2, 0) is 0 Å². The van der Waals surface area contributed by atoms with Crippen molar-refractivity contribution in [2.45, 2.75) is 19.8 Å². The summed E-state index contributed by atoms with van der Waals surface area (Å²) in [4.78, 5) is 17.9. The average molecular weight is 438 g/mol. The van der Waals surface area contributed by atoms with Gasteiger partial charge in [0.2, 0.25) is 4.96 Å². The fraction of sp³-hybridized carbons (Fsp3) is 0.261. The van der Waals surface area contributed by atoms with E-state index in [1.54, 1.807) is 26.4 Å². The van der Waals surface area contributed by atoms with Gasteiger partial charge in [0.05, 0.1) is 25.4 Å². The summed E-state index contributed by atoms with van der Waals surface area (Å²) in [6, 6.07) is 13.1. The molecule has 0 bridgehead atoms. The van der Waals surface area contributed by atoms with Crippen LogP contribution in [0, 0.1) is 0 Å². The van der Waals surface area contributed by atoms with E-state index in [0.29, 0.717) is 33.4 Å². The molecule has 0 saturated heterocycles. The van der Waals surface area contributed by atoms with E-state index in [4.69, 9.17) is 14.2 Å². The quantitative estimate of drug-likeness (QED) is 0.393. The summed E-state index contributed by atoms with van der Waals surface area (Å²) in [6.45, 7) is 2.83. The molecule has 7 nitrogen and oxygen atoms in total. The van der Waals surface area contributed by atoms with Gasteiger partial charge in [0.25, 0.3) is 5.56 Å². The van der Waals surface area contributed by atoms with Crippen LogP contribution in [0.1, 0.15) is 25.3 Å². The second-order valence-corrected chi connectivity index (χ2v) is 7.90. The second kappa shape index (κ2) is 9.18. The summed E-state index contributed by atoms with van der Waals surface area (Å²) in [5.74, 6) is 2.57. The Morgan fingerprint density at radius 1 is 1.06 bits per heavy atom. The number of aromatic nitrogens is 3. The Labute approximate surface area is 183 Å². The van der Waals surface area contributed by atoms with Crippen LogP contribution >= 0.6 is 11.3 Å². The van der Waals surface area contributed by atoms with E-state index in [0.717, 1.165) is 29.7 Å². The minimum atomic E-state index is -0.201. The Hall–Kier alpha value is -3.39. The number of rotatable bonds is 8. The molecule has 4 aromatic rings. The normalized spacial score (nSPS) is 11.8. The van der Waals surface area contributed by atoms with E-state index in [-0.39, 0.29) is 5.56 Å². The van der Waals surface area contributed by atoms with E-state index in [1.165, 1.54) is 15.9 Å². The Bertz CT molecular complexity index is 1300. The molecule has 0 radical (unpaired) electrons. The fourth-order valence-electron chi connectivity index (χ4n) is 3.08. The summed E-state index contributed by atoms with van der Waals surface area (Å²) < 4.78 is 18.2. The number of ether oxygens (including phenoxy) is 3. The van der Waals surface area contributed by atoms with Crippen LogP contribution in [0.5, 0.6) is 17.2 Å². The monoisotopic (exact) mass is 437 g/mol. The van der Waals surface area contributed by atoms with Gasteiger partial charge in [0.15, 0.2) is 17.3 Å². The van der Waals surface area contributed by atoms with E-state index in [2.05, 4.69) is 17.0 Å². The molecule has 31 heavy (non-hydrogen) atoms. The number of hydrogen-bond donors (Lipinski definition) is 0. The van der Waals surface area contributed by atoms with Gasteiger partial charge in [-0.2, -0.15) is 9.50 Å². The Morgan fingerprint density at radius 3 is 2.52 bits per heavy atom. The van der Waals surface area contributed by atoms with Gasteiger partial charge in [0, 0.05) is 5.56 Å². The van der Waals surface area contributed by atoms with Crippen molar-refractivity contribution >= 4 is 22.4 Å². The van der Waals surface area contributed by atoms with Crippen LogP contribution in [0.2, 0.25) is 0 Å². The zero-order valence-electron chi connectivity index (χ0n) is 17.6. The maximum Gasteiger partial charge on any atom is 0.291 e. The molecule has 160 valence electrons. The molecule has 2 aromatic carbocycles. The molecule has 4 rings (SSSR count). The lowest BCUT2D eigenvalue weighted by Crippen LogP contribution is -2.23. The van der Waals surface area contributed by atoms with Crippen LogP contribution < -0.4 is 24.3 Å². The molecule has 0 unspecified atom stereocenters. The molecule has 2 aromatic heterocycles. The maximum atomic E-state index is 12.8. The van der Waals surface area contributed by atoms with Crippen LogP contribution in [0.3, 0.4) is 0 Å². The van der Waals surface area contributed by atoms with E-state index in [1.807, 2.05) is 36.4 Å². The van der Waals surface area contributed by atoms with Crippen molar-refractivity contribution in [1.82, 2.24) is 14.6 Å². The zero-order valence-corrected chi connectivity index (χ0v) is 18.4. The SMILES string of the molecule is CCCCOc1ccc(-c2nc3sc(=Cc4ccc(OC)c(OC)c4)c(=O)n3n2)cc1. The first kappa shape index (κ1) is 20.9. The van der Waals surface area contributed by atoms with Crippen molar-refractivity contribution in [3.05, 3.63) is 62.9 Å². The van der Waals surface area contributed by atoms with Crippen LogP contribution in [0.25, 0.3) is 22.4 Å². The lowest BCUT2D eigenvalue weighted by Gasteiger charge is -2.07. The second-order valence-electron chi connectivity index (χ2n) is 6.89. The molecule has 0 saturated carbocycles. The van der Waals surface area contributed by atoms with E-state index >= 15 is 0 Å². The van der Waals surface area contributed by atoms with Crippen molar-refractivity contribution in [2.75, 3.05) is 20.8 Å². The number of benzene rings is 2. The predicted molar refractivity (Wildman–Crippen MR) is 121 cm³/mol. The molecule has 0 aliphatic carbocycles. The number of methoxy groups -OCH3 is 2. The molecule has 0 spiro atoms. The molecule has 0 amide bonds. The molecular formula is C23H23N3O4S. The topological polar surface area (TPSA) is 75.0 Å². The highest BCUT2D eigenvalue weighted by Gasteiger charge is 2.12. The van der Waals surface area contributed by atoms with Gasteiger partial charge in [0.1, 0.15) is 5.75 Å². The minimum absolute atomic E-state index is 0.201. The summed E-state index contributed by atoms with van der Waals surface area (Å²) in [6.07, 6.45) is 3.92. The highest BCUT2D eigenvalue weighted by Crippen LogP contribution is 2.27. The molecule has 0 aliphatic heterocycles. The van der Waals surface area contributed by atoms with Crippen LogP contribution in [0.15, 0.2) is 47.3 Å². The summed E-state index contributed by atoms with van der Waals surface area (Å²) in [5, 5.41) is 4.41. The summed E-state index contributed by atoms with van der Waals surface area (Å²) >= 11 is 1.30. The van der Waals surface area contributed by atoms with Crippen LogP contribution in [-0.4, -0.2) is 35.4 Å². The first-order chi connectivity index (χ1) is 15.1. The molecule has 2 heterocycles. The van der Waals surface area contributed by atoms with Gasteiger partial charge in [-0.1, -0.05) is 30.7 Å². The van der Waals surface area contributed by atoms with Crippen LogP contribution in [0.4, 0.5) is 0 Å². The summed E-state index contributed by atoms with van der Waals surface area (Å²) in [5.41, 5.74) is 1.47. The third kappa shape index (κ3) is 4.39. The number of nitrogens with zero attached hydrogens (tertiary/aromatic N) is 3. The highest BCUT2D eigenvalue weighted by molar-refractivity contribution is 7.15. The first-order valence-corrected chi connectivity index (χ1v) is 10.8. The standard InChI is InChI=1S/C23H23N3O4S/c1-4-5-12-30-17-9-7-16(8-10-17)21-24-23-26(25-21)22(27)20(31-23)14-15-6-11-18(28-2)19(13-15)29-3/h6-11,13-14H,4-5,12H2,1-3H3. The van der Waals surface area contributed by atoms with Gasteiger partial charge in [-0.15, -0.1) is 5.10 Å². The number of unbranched alkanes of at least 4 members (excludes halogenated alkanes) is 1. The number of fused-ring (bicyclic) bond motifs is 1. The molecule has 0 aliphatic rings. The zero-order chi connectivity index (χ0) is 21.8. The smallest absolute Gasteiger partial charge is 0.291 e. The molecule has 0 fully saturated rings. The predicted octanol–water partition coefficient (Wildman–Crippen LogP) is 3.56.